The molecule has 0 atom stereocenters. The highest BCUT2D eigenvalue weighted by atomic mass is 16.5. The van der Waals surface area contributed by atoms with E-state index in [1.165, 1.54) is 5.56 Å². The Balaban J connectivity index is 1.85. The minimum atomic E-state index is 0.396. The average Bonchev–Trinajstić information content (AvgIpc) is 3.04. The zero-order valence-electron chi connectivity index (χ0n) is 14.2. The first-order valence-corrected chi connectivity index (χ1v) is 8.59. The molecule has 2 heterocycles. The van der Waals surface area contributed by atoms with Crippen LogP contribution in [0.25, 0.3) is 22.4 Å². The lowest BCUT2D eigenvalue weighted by molar-refractivity contribution is -0.575. The molecule has 3 aromatic carbocycles. The zero-order chi connectivity index (χ0) is 17.0. The van der Waals surface area contributed by atoms with E-state index < -0.39 is 0 Å². The number of benzene rings is 3. The summed E-state index contributed by atoms with van der Waals surface area (Å²) in [6.45, 7) is 4.39. The lowest BCUT2D eigenvalue weighted by Gasteiger charge is -2.23. The standard InChI is InChI=1S/C22H18N2O/c1-15(2)17-10-6-12-19-22(17)25-20-13-7-11-18-21(20)24(19)14-23(18)16-8-4-3-5-9-16/h3-13,15H,1-2H3. The summed E-state index contributed by atoms with van der Waals surface area (Å²) < 4.78 is 10.6. The van der Waals surface area contributed by atoms with E-state index in [-0.39, 0.29) is 0 Å². The van der Waals surface area contributed by atoms with Crippen LogP contribution >= 0.6 is 0 Å². The van der Waals surface area contributed by atoms with Gasteiger partial charge in [0.15, 0.2) is 0 Å². The van der Waals surface area contributed by atoms with Gasteiger partial charge in [-0.15, -0.1) is 0 Å². The number of para-hydroxylation sites is 3. The number of rotatable bonds is 2. The summed E-state index contributed by atoms with van der Waals surface area (Å²) in [6.07, 6.45) is 3.52. The van der Waals surface area contributed by atoms with Crippen molar-refractivity contribution in [3.8, 4) is 22.9 Å². The monoisotopic (exact) mass is 326 g/mol. The first-order chi connectivity index (χ1) is 12.2. The second-order valence-electron chi connectivity index (χ2n) is 6.68. The van der Waals surface area contributed by atoms with Gasteiger partial charge in [-0.1, -0.05) is 56.3 Å². The number of hydrogen-bond acceptors (Lipinski definition) is 1. The van der Waals surface area contributed by atoms with E-state index in [2.05, 4.69) is 65.7 Å². The third-order valence-corrected chi connectivity index (χ3v) is 4.76. The summed E-state index contributed by atoms with van der Waals surface area (Å²) in [5.74, 6) is 2.21. The highest BCUT2D eigenvalue weighted by molar-refractivity contribution is 5.82. The Morgan fingerprint density at radius 2 is 1.72 bits per heavy atom. The maximum Gasteiger partial charge on any atom is 0.270 e. The molecule has 25 heavy (non-hydrogen) atoms. The average molecular weight is 326 g/mol. The lowest BCUT2D eigenvalue weighted by atomic mass is 10.0. The number of fused-ring (bicyclic) bond motifs is 2. The number of imidazole rings is 1. The van der Waals surface area contributed by atoms with Gasteiger partial charge >= 0.3 is 0 Å². The Morgan fingerprint density at radius 3 is 2.52 bits per heavy atom. The van der Waals surface area contributed by atoms with Crippen molar-refractivity contribution in [3.05, 3.63) is 78.6 Å². The summed E-state index contributed by atoms with van der Waals surface area (Å²) in [6, 6.07) is 22.8. The molecule has 0 amide bonds. The van der Waals surface area contributed by atoms with Crippen LogP contribution in [-0.4, -0.2) is 4.57 Å². The van der Waals surface area contributed by atoms with E-state index in [1.807, 2.05) is 30.3 Å². The van der Waals surface area contributed by atoms with Crippen LogP contribution in [0.5, 0.6) is 11.5 Å². The first-order valence-electron chi connectivity index (χ1n) is 8.59. The molecule has 0 aliphatic carbocycles. The molecule has 3 nitrogen and oxygen atoms in total. The van der Waals surface area contributed by atoms with Gasteiger partial charge in [0.05, 0.1) is 11.2 Å². The third-order valence-electron chi connectivity index (χ3n) is 4.76. The van der Waals surface area contributed by atoms with Gasteiger partial charge in [-0.2, -0.15) is 0 Å². The fourth-order valence-electron chi connectivity index (χ4n) is 3.54. The number of nitrogens with zero attached hydrogens (tertiary/aromatic N) is 2. The molecule has 0 unspecified atom stereocenters. The smallest absolute Gasteiger partial charge is 0.270 e. The Bertz CT molecular complexity index is 1090. The van der Waals surface area contributed by atoms with Gasteiger partial charge in [0.2, 0.25) is 0 Å². The maximum absolute atomic E-state index is 6.34. The molecule has 5 rings (SSSR count). The van der Waals surface area contributed by atoms with Crippen molar-refractivity contribution in [1.29, 1.82) is 0 Å². The number of hydrogen-bond donors (Lipinski definition) is 0. The minimum Gasteiger partial charge on any atom is -0.465 e. The van der Waals surface area contributed by atoms with Crippen molar-refractivity contribution in [3.63, 3.8) is 0 Å². The van der Waals surface area contributed by atoms with Crippen molar-refractivity contribution in [2.75, 3.05) is 0 Å². The molecule has 0 bridgehead atoms. The van der Waals surface area contributed by atoms with E-state index in [0.717, 1.165) is 33.9 Å². The van der Waals surface area contributed by atoms with Crippen LogP contribution in [0.1, 0.15) is 25.3 Å². The molecule has 4 aromatic rings. The minimum absolute atomic E-state index is 0.396. The summed E-state index contributed by atoms with van der Waals surface area (Å²) in [7, 11) is 0. The van der Waals surface area contributed by atoms with Gasteiger partial charge in [0.1, 0.15) is 22.7 Å². The number of ether oxygens (including phenoxy) is 1. The summed E-state index contributed by atoms with van der Waals surface area (Å²) in [5, 5.41) is 0. The predicted molar refractivity (Wildman–Crippen MR) is 97.8 cm³/mol. The molecule has 0 N–H and O–H groups in total. The Hall–Kier alpha value is -3.07. The van der Waals surface area contributed by atoms with Crippen molar-refractivity contribution in [1.82, 2.24) is 4.57 Å². The molecule has 3 heteroatoms. The van der Waals surface area contributed by atoms with Gasteiger partial charge in [0, 0.05) is 0 Å². The quantitative estimate of drug-likeness (QED) is 0.332. The summed E-state index contributed by atoms with van der Waals surface area (Å²) in [4.78, 5) is 0. The van der Waals surface area contributed by atoms with Crippen molar-refractivity contribution < 1.29 is 9.30 Å². The molecular weight excluding hydrogens is 308 g/mol. The molecule has 0 fully saturated rings. The van der Waals surface area contributed by atoms with Gasteiger partial charge in [-0.05, 0) is 35.7 Å². The van der Waals surface area contributed by atoms with Crippen LogP contribution in [0, 0.1) is 6.33 Å². The molecular formula is C22H18N2O. The second-order valence-corrected chi connectivity index (χ2v) is 6.68. The Kier molecular flexibility index (Phi) is 2.98. The van der Waals surface area contributed by atoms with Crippen molar-refractivity contribution in [2.45, 2.75) is 19.8 Å². The number of aromatic nitrogens is 2. The fourth-order valence-corrected chi connectivity index (χ4v) is 3.54. The van der Waals surface area contributed by atoms with E-state index >= 15 is 0 Å². The van der Waals surface area contributed by atoms with Gasteiger partial charge in [-0.25, -0.2) is 0 Å². The zero-order valence-corrected chi connectivity index (χ0v) is 14.2. The lowest BCUT2D eigenvalue weighted by Crippen LogP contribution is -2.33. The van der Waals surface area contributed by atoms with Crippen LogP contribution < -0.4 is 9.30 Å². The SMILES string of the molecule is CC(C)c1cccc2c1Oc1cccc3c1[n+]-2[c-]n3-c1ccccc1. The molecule has 122 valence electrons. The van der Waals surface area contributed by atoms with Crippen molar-refractivity contribution >= 4 is 11.0 Å². The summed E-state index contributed by atoms with van der Waals surface area (Å²) in [5.41, 5.74) is 5.49. The topological polar surface area (TPSA) is 18.0 Å². The molecule has 1 aromatic heterocycles. The Morgan fingerprint density at radius 1 is 0.920 bits per heavy atom. The van der Waals surface area contributed by atoms with Crippen molar-refractivity contribution in [2.24, 2.45) is 0 Å². The molecule has 1 aliphatic rings. The van der Waals surface area contributed by atoms with E-state index in [1.54, 1.807) is 0 Å². The molecule has 0 radical (unpaired) electrons. The van der Waals surface area contributed by atoms with Crippen LogP contribution in [0.15, 0.2) is 66.7 Å². The fraction of sp³-hybridized carbons (Fsp3) is 0.136. The normalized spacial score (nSPS) is 12.3. The van der Waals surface area contributed by atoms with Gasteiger partial charge in [-0.3, -0.25) is 9.13 Å². The maximum atomic E-state index is 6.34. The predicted octanol–water partition coefficient (Wildman–Crippen LogP) is 4.94. The van der Waals surface area contributed by atoms with Crippen LogP contribution in [-0.2, 0) is 0 Å². The van der Waals surface area contributed by atoms with Gasteiger partial charge < -0.3 is 4.74 Å². The highest BCUT2D eigenvalue weighted by Gasteiger charge is 2.25. The van der Waals surface area contributed by atoms with E-state index in [4.69, 9.17) is 4.74 Å². The van der Waals surface area contributed by atoms with Crippen LogP contribution in [0.2, 0.25) is 0 Å². The molecule has 0 spiro atoms. The summed E-state index contributed by atoms with van der Waals surface area (Å²) >= 11 is 0. The third kappa shape index (κ3) is 2.02. The van der Waals surface area contributed by atoms with Crippen LogP contribution in [0.4, 0.5) is 0 Å². The molecule has 1 aliphatic heterocycles. The largest absolute Gasteiger partial charge is 0.465 e. The highest BCUT2D eigenvalue weighted by Crippen LogP contribution is 2.40. The van der Waals surface area contributed by atoms with E-state index in [0.29, 0.717) is 5.92 Å². The molecule has 0 saturated heterocycles. The first kappa shape index (κ1) is 14.3. The molecule has 0 saturated carbocycles. The van der Waals surface area contributed by atoms with Gasteiger partial charge in [0.25, 0.3) is 6.33 Å². The Labute approximate surface area is 146 Å². The van der Waals surface area contributed by atoms with Crippen LogP contribution in [0.3, 0.4) is 0 Å². The second kappa shape index (κ2) is 5.21. The van der Waals surface area contributed by atoms with E-state index in [9.17, 15) is 0 Å².